The Labute approximate surface area is 229 Å². The third-order valence-electron chi connectivity index (χ3n) is 6.73. The zero-order valence-electron chi connectivity index (χ0n) is 23.2. The molecule has 0 aromatic heterocycles. The third-order valence-corrected chi connectivity index (χ3v) is 6.73. The van der Waals surface area contributed by atoms with Crippen LogP contribution >= 0.6 is 0 Å². The highest BCUT2D eigenvalue weighted by Crippen LogP contribution is 2.44. The van der Waals surface area contributed by atoms with Gasteiger partial charge in [0.05, 0.1) is 6.42 Å². The molecule has 3 rings (SSSR count). The Morgan fingerprint density at radius 1 is 0.949 bits per heavy atom. The summed E-state index contributed by atoms with van der Waals surface area (Å²) in [6, 6.07) is 14.0. The van der Waals surface area contributed by atoms with Crippen LogP contribution in [0.1, 0.15) is 37.3 Å². The summed E-state index contributed by atoms with van der Waals surface area (Å²) < 4.78 is 10.7. The number of hydrogen-bond donors (Lipinski definition) is 1. The van der Waals surface area contributed by atoms with Gasteiger partial charge in [-0.2, -0.15) is 0 Å². The normalized spacial score (nSPS) is 13.5. The summed E-state index contributed by atoms with van der Waals surface area (Å²) in [5, 5.41) is 2.64. The van der Waals surface area contributed by atoms with E-state index < -0.39 is 36.0 Å². The molecule has 0 heterocycles. The molecule has 2 atom stereocenters. The quantitative estimate of drug-likeness (QED) is 0.348. The van der Waals surface area contributed by atoms with Gasteiger partial charge >= 0.3 is 12.1 Å². The first kappa shape index (κ1) is 29.4. The van der Waals surface area contributed by atoms with E-state index in [9.17, 15) is 19.2 Å². The van der Waals surface area contributed by atoms with E-state index in [0.29, 0.717) is 0 Å². The first-order valence-electron chi connectivity index (χ1n) is 12.9. The van der Waals surface area contributed by atoms with Gasteiger partial charge in [-0.25, -0.2) is 4.79 Å². The van der Waals surface area contributed by atoms with E-state index in [1.807, 2.05) is 36.4 Å². The van der Waals surface area contributed by atoms with Crippen LogP contribution in [-0.2, 0) is 23.9 Å². The molecule has 1 aliphatic carbocycles. The molecule has 0 saturated carbocycles. The van der Waals surface area contributed by atoms with Gasteiger partial charge < -0.3 is 19.7 Å². The maximum Gasteiger partial charge on any atom is 0.410 e. The molecule has 1 unspecified atom stereocenters. The van der Waals surface area contributed by atoms with Crippen LogP contribution < -0.4 is 5.32 Å². The van der Waals surface area contributed by atoms with Gasteiger partial charge in [-0.1, -0.05) is 75.0 Å². The molecule has 208 valence electrons. The molecule has 0 fully saturated rings. The van der Waals surface area contributed by atoms with Crippen molar-refractivity contribution < 1.29 is 28.7 Å². The van der Waals surface area contributed by atoms with E-state index in [0.717, 1.165) is 22.3 Å². The van der Waals surface area contributed by atoms with Crippen LogP contribution in [0.15, 0.2) is 61.2 Å². The van der Waals surface area contributed by atoms with Gasteiger partial charge in [0.25, 0.3) is 0 Å². The number of carbonyl (C=O) groups is 4. The van der Waals surface area contributed by atoms with Gasteiger partial charge in [0.15, 0.2) is 0 Å². The van der Waals surface area contributed by atoms with Gasteiger partial charge in [0.1, 0.15) is 25.3 Å². The van der Waals surface area contributed by atoms with Gasteiger partial charge in [0, 0.05) is 27.1 Å². The zero-order valence-corrected chi connectivity index (χ0v) is 23.2. The molecule has 9 nitrogen and oxygen atoms in total. The minimum Gasteiger partial charge on any atom is -0.461 e. The lowest BCUT2D eigenvalue weighted by Crippen LogP contribution is -2.56. The van der Waals surface area contributed by atoms with Crippen LogP contribution in [0.4, 0.5) is 4.79 Å². The van der Waals surface area contributed by atoms with Crippen molar-refractivity contribution in [3.8, 4) is 11.1 Å². The molecule has 2 aromatic carbocycles. The van der Waals surface area contributed by atoms with Crippen molar-refractivity contribution in [2.24, 2.45) is 5.92 Å². The van der Waals surface area contributed by atoms with Crippen molar-refractivity contribution in [1.82, 2.24) is 15.1 Å². The summed E-state index contributed by atoms with van der Waals surface area (Å²) in [4.78, 5) is 53.9. The molecule has 1 N–H and O–H groups in total. The lowest BCUT2D eigenvalue weighted by atomic mass is 9.98. The van der Waals surface area contributed by atoms with Crippen LogP contribution in [0.2, 0.25) is 0 Å². The fourth-order valence-corrected chi connectivity index (χ4v) is 4.88. The summed E-state index contributed by atoms with van der Waals surface area (Å²) in [5.41, 5.74) is 4.40. The Bertz CT molecular complexity index is 1180. The molecule has 9 heteroatoms. The highest BCUT2D eigenvalue weighted by molar-refractivity contribution is 5.93. The summed E-state index contributed by atoms with van der Waals surface area (Å²) in [7, 11) is 4.54. The topological polar surface area (TPSA) is 105 Å². The predicted molar refractivity (Wildman–Crippen MR) is 148 cm³/mol. The standard InChI is InChI=1S/C30H37N3O6/c1-7-16-38-26(34)17-25(29(36)32(4)5)31-28(35)27(19(2)3)33(6)30(37)39-18-24-22-14-10-8-12-20(22)21-13-9-11-15-23(21)24/h7-15,19,24-25,27H,1,16-18H2,2-6H3,(H,31,35)/t25-,27?/m0/s1. The van der Waals surface area contributed by atoms with E-state index in [1.54, 1.807) is 13.8 Å². The molecule has 2 aromatic rings. The monoisotopic (exact) mass is 535 g/mol. The number of nitrogens with zero attached hydrogens (tertiary/aromatic N) is 2. The number of amides is 3. The van der Waals surface area contributed by atoms with E-state index >= 15 is 0 Å². The lowest BCUT2D eigenvalue weighted by molar-refractivity contribution is -0.147. The van der Waals surface area contributed by atoms with Crippen LogP contribution in [0.25, 0.3) is 11.1 Å². The SMILES string of the molecule is C=CCOC(=O)C[C@H](NC(=O)C(C(C)C)N(C)C(=O)OCC1c2ccccc2-c2ccccc21)C(=O)N(C)C. The average molecular weight is 536 g/mol. The van der Waals surface area contributed by atoms with Crippen molar-refractivity contribution in [3.63, 3.8) is 0 Å². The summed E-state index contributed by atoms with van der Waals surface area (Å²) >= 11 is 0. The van der Waals surface area contributed by atoms with Gasteiger partial charge in [-0.15, -0.1) is 0 Å². The maximum atomic E-state index is 13.4. The van der Waals surface area contributed by atoms with Gasteiger partial charge in [-0.05, 0) is 28.2 Å². The number of esters is 1. The minimum atomic E-state index is -1.15. The fourth-order valence-electron chi connectivity index (χ4n) is 4.88. The second-order valence-electron chi connectivity index (χ2n) is 10.1. The lowest BCUT2D eigenvalue weighted by Gasteiger charge is -2.31. The second kappa shape index (κ2) is 13.1. The maximum absolute atomic E-state index is 13.4. The van der Waals surface area contributed by atoms with Gasteiger partial charge in [-0.3, -0.25) is 19.3 Å². The van der Waals surface area contributed by atoms with Crippen molar-refractivity contribution in [1.29, 1.82) is 0 Å². The Kier molecular flexibility index (Phi) is 9.87. The molecule has 1 aliphatic rings. The Balaban J connectivity index is 1.71. The zero-order chi connectivity index (χ0) is 28.7. The first-order valence-corrected chi connectivity index (χ1v) is 12.9. The van der Waals surface area contributed by atoms with Crippen LogP contribution in [-0.4, -0.2) is 80.1 Å². The van der Waals surface area contributed by atoms with E-state index in [4.69, 9.17) is 9.47 Å². The number of hydrogen-bond acceptors (Lipinski definition) is 6. The number of benzene rings is 2. The number of likely N-dealkylation sites (N-methyl/N-ethyl adjacent to an activating group) is 2. The van der Waals surface area contributed by atoms with E-state index in [-0.39, 0.29) is 31.5 Å². The number of ether oxygens (including phenoxy) is 2. The highest BCUT2D eigenvalue weighted by atomic mass is 16.6. The first-order chi connectivity index (χ1) is 18.6. The van der Waals surface area contributed by atoms with Gasteiger partial charge in [0.2, 0.25) is 11.8 Å². The van der Waals surface area contributed by atoms with Crippen molar-refractivity contribution in [3.05, 3.63) is 72.3 Å². The van der Waals surface area contributed by atoms with Crippen molar-refractivity contribution in [2.75, 3.05) is 34.4 Å². The summed E-state index contributed by atoms with van der Waals surface area (Å²) in [6.07, 6.45) is 0.402. The molecular formula is C30H37N3O6. The average Bonchev–Trinajstić information content (AvgIpc) is 3.23. The predicted octanol–water partition coefficient (Wildman–Crippen LogP) is 3.58. The van der Waals surface area contributed by atoms with Crippen LogP contribution in [0, 0.1) is 5.92 Å². The molecule has 0 saturated heterocycles. The molecule has 0 radical (unpaired) electrons. The summed E-state index contributed by atoms with van der Waals surface area (Å²) in [6.45, 7) is 7.18. The largest absolute Gasteiger partial charge is 0.461 e. The number of fused-ring (bicyclic) bond motifs is 3. The smallest absolute Gasteiger partial charge is 0.410 e. The molecular weight excluding hydrogens is 498 g/mol. The Morgan fingerprint density at radius 2 is 1.51 bits per heavy atom. The molecule has 0 spiro atoms. The molecule has 0 bridgehead atoms. The Morgan fingerprint density at radius 3 is 2.03 bits per heavy atom. The number of rotatable bonds is 11. The van der Waals surface area contributed by atoms with Crippen molar-refractivity contribution in [2.45, 2.75) is 38.3 Å². The van der Waals surface area contributed by atoms with Crippen LogP contribution in [0.5, 0.6) is 0 Å². The molecule has 39 heavy (non-hydrogen) atoms. The van der Waals surface area contributed by atoms with E-state index in [1.165, 1.54) is 37.0 Å². The molecule has 0 aliphatic heterocycles. The third kappa shape index (κ3) is 6.85. The van der Waals surface area contributed by atoms with E-state index in [2.05, 4.69) is 24.0 Å². The number of carbonyl (C=O) groups excluding carboxylic acids is 4. The van der Waals surface area contributed by atoms with Crippen LogP contribution in [0.3, 0.4) is 0 Å². The van der Waals surface area contributed by atoms with Crippen molar-refractivity contribution >= 4 is 23.9 Å². The highest BCUT2D eigenvalue weighted by Gasteiger charge is 2.36. The summed E-state index contributed by atoms with van der Waals surface area (Å²) in [5.74, 6) is -2.12. The minimum absolute atomic E-state index is 0.00516. The second-order valence-corrected chi connectivity index (χ2v) is 10.1. The number of nitrogens with one attached hydrogen (secondary N) is 1. The fraction of sp³-hybridized carbons (Fsp3) is 0.400. The Hall–Kier alpha value is -4.14. The molecule has 3 amide bonds.